The van der Waals surface area contributed by atoms with Gasteiger partial charge in [0.1, 0.15) is 0 Å². The van der Waals surface area contributed by atoms with Crippen LogP contribution in [0.5, 0.6) is 0 Å². The van der Waals surface area contributed by atoms with E-state index in [1.54, 1.807) is 0 Å². The van der Waals surface area contributed by atoms with Gasteiger partial charge in [-0.25, -0.2) is 0 Å². The minimum absolute atomic E-state index is 0.643. The van der Waals surface area contributed by atoms with E-state index in [0.717, 1.165) is 19.6 Å². The number of nitrogens with zero attached hydrogens (tertiary/aromatic N) is 1. The summed E-state index contributed by atoms with van der Waals surface area (Å²) in [5.74, 6) is 0.664. The van der Waals surface area contributed by atoms with E-state index in [1.807, 2.05) is 0 Å². The third-order valence-corrected chi connectivity index (χ3v) is 3.99. The first kappa shape index (κ1) is 15.9. The summed E-state index contributed by atoms with van der Waals surface area (Å²) in [7, 11) is 2.09. The number of ether oxygens (including phenoxy) is 1. The topological polar surface area (TPSA) is 24.5 Å². The van der Waals surface area contributed by atoms with Gasteiger partial charge in [0.25, 0.3) is 0 Å². The fraction of sp³-hybridized carbons (Fsp3) is 1.00. The highest BCUT2D eigenvalue weighted by atomic mass is 16.5. The summed E-state index contributed by atoms with van der Waals surface area (Å²) in [6.07, 6.45) is 6.39. The van der Waals surface area contributed by atoms with Gasteiger partial charge in [-0.3, -0.25) is 0 Å². The van der Waals surface area contributed by atoms with Gasteiger partial charge < -0.3 is 15.0 Å². The minimum Gasteiger partial charge on any atom is -0.381 e. The first-order valence-electron chi connectivity index (χ1n) is 7.79. The molecule has 1 rings (SSSR count). The van der Waals surface area contributed by atoms with Crippen LogP contribution in [0.15, 0.2) is 0 Å². The average Bonchev–Trinajstić information content (AvgIpc) is 2.42. The molecule has 0 aromatic heterocycles. The van der Waals surface area contributed by atoms with Crippen LogP contribution in [0.25, 0.3) is 0 Å². The Bertz CT molecular complexity index is 191. The molecule has 0 amide bonds. The highest BCUT2D eigenvalue weighted by Gasteiger charge is 2.25. The Labute approximate surface area is 113 Å². The average molecular weight is 256 g/mol. The SMILES string of the molecule is CCCCN(CCCC)CC1COCCC1NC. The Balaban J connectivity index is 2.40. The molecule has 108 valence electrons. The monoisotopic (exact) mass is 256 g/mol. The summed E-state index contributed by atoms with van der Waals surface area (Å²) in [4.78, 5) is 2.65. The lowest BCUT2D eigenvalue weighted by Crippen LogP contribution is -2.47. The van der Waals surface area contributed by atoms with Crippen LogP contribution in [0.1, 0.15) is 46.0 Å². The summed E-state index contributed by atoms with van der Waals surface area (Å²) in [6, 6.07) is 0.643. The molecule has 0 aromatic rings. The molecule has 0 aliphatic carbocycles. The molecule has 1 heterocycles. The quantitative estimate of drug-likeness (QED) is 0.686. The van der Waals surface area contributed by atoms with Gasteiger partial charge in [0.15, 0.2) is 0 Å². The van der Waals surface area contributed by atoms with Crippen molar-refractivity contribution in [3.63, 3.8) is 0 Å². The van der Waals surface area contributed by atoms with Gasteiger partial charge in [-0.15, -0.1) is 0 Å². The zero-order valence-corrected chi connectivity index (χ0v) is 12.6. The summed E-state index contributed by atoms with van der Waals surface area (Å²) < 4.78 is 5.66. The van der Waals surface area contributed by atoms with Crippen LogP contribution < -0.4 is 5.32 Å². The molecule has 0 bridgehead atoms. The van der Waals surface area contributed by atoms with Crippen molar-refractivity contribution in [1.29, 1.82) is 0 Å². The predicted molar refractivity (Wildman–Crippen MR) is 78.0 cm³/mol. The Morgan fingerprint density at radius 2 is 1.83 bits per heavy atom. The van der Waals surface area contributed by atoms with Gasteiger partial charge >= 0.3 is 0 Å². The molecule has 0 aromatic carbocycles. The Morgan fingerprint density at radius 3 is 2.39 bits per heavy atom. The van der Waals surface area contributed by atoms with Crippen LogP contribution in [0.4, 0.5) is 0 Å². The third kappa shape index (κ3) is 5.68. The Hall–Kier alpha value is -0.120. The molecule has 0 saturated carbocycles. The molecule has 2 atom stereocenters. The predicted octanol–water partition coefficient (Wildman–Crippen LogP) is 2.51. The van der Waals surface area contributed by atoms with Gasteiger partial charge in [0.05, 0.1) is 6.61 Å². The molecular formula is C15H32N2O. The van der Waals surface area contributed by atoms with Crippen LogP contribution in [-0.4, -0.2) is 50.8 Å². The van der Waals surface area contributed by atoms with Crippen molar-refractivity contribution >= 4 is 0 Å². The van der Waals surface area contributed by atoms with Crippen LogP contribution in [0, 0.1) is 5.92 Å². The number of hydrogen-bond donors (Lipinski definition) is 1. The lowest BCUT2D eigenvalue weighted by atomic mass is 9.95. The third-order valence-electron chi connectivity index (χ3n) is 3.99. The standard InChI is InChI=1S/C15H32N2O/c1-4-6-9-17(10-7-5-2)12-14-13-18-11-8-15(14)16-3/h14-16H,4-13H2,1-3H3. The second-order valence-corrected chi connectivity index (χ2v) is 5.53. The van der Waals surface area contributed by atoms with Gasteiger partial charge in [-0.05, 0) is 39.4 Å². The molecule has 1 aliphatic heterocycles. The Kier molecular flexibility index (Phi) is 8.64. The zero-order chi connectivity index (χ0) is 13.2. The van der Waals surface area contributed by atoms with E-state index >= 15 is 0 Å². The van der Waals surface area contributed by atoms with Crippen molar-refractivity contribution < 1.29 is 4.74 Å². The molecule has 1 saturated heterocycles. The molecule has 3 nitrogen and oxygen atoms in total. The number of hydrogen-bond acceptors (Lipinski definition) is 3. The van der Waals surface area contributed by atoms with Crippen molar-refractivity contribution in [2.75, 3.05) is 39.9 Å². The summed E-state index contributed by atoms with van der Waals surface area (Å²) in [5, 5.41) is 3.46. The smallest absolute Gasteiger partial charge is 0.0521 e. The number of rotatable bonds is 9. The molecule has 0 spiro atoms. The first-order chi connectivity index (χ1) is 8.81. The van der Waals surface area contributed by atoms with Gasteiger partial charge in [0.2, 0.25) is 0 Å². The fourth-order valence-electron chi connectivity index (χ4n) is 2.75. The molecule has 1 aliphatic rings. The summed E-state index contributed by atoms with van der Waals surface area (Å²) in [6.45, 7) is 10.1. The maximum atomic E-state index is 5.66. The maximum Gasteiger partial charge on any atom is 0.0521 e. The van der Waals surface area contributed by atoms with E-state index in [1.165, 1.54) is 45.3 Å². The van der Waals surface area contributed by atoms with Crippen LogP contribution in [0.2, 0.25) is 0 Å². The first-order valence-corrected chi connectivity index (χ1v) is 7.79. The van der Waals surface area contributed by atoms with E-state index in [-0.39, 0.29) is 0 Å². The van der Waals surface area contributed by atoms with E-state index in [0.29, 0.717) is 12.0 Å². The van der Waals surface area contributed by atoms with Crippen molar-refractivity contribution in [3.05, 3.63) is 0 Å². The second kappa shape index (κ2) is 9.76. The highest BCUT2D eigenvalue weighted by molar-refractivity contribution is 4.81. The maximum absolute atomic E-state index is 5.66. The molecule has 1 N–H and O–H groups in total. The van der Waals surface area contributed by atoms with Crippen LogP contribution in [-0.2, 0) is 4.74 Å². The normalized spacial score (nSPS) is 24.7. The van der Waals surface area contributed by atoms with Gasteiger partial charge in [0, 0.05) is 25.1 Å². The molecule has 2 unspecified atom stereocenters. The number of unbranched alkanes of at least 4 members (excludes halogenated alkanes) is 2. The van der Waals surface area contributed by atoms with Crippen molar-refractivity contribution in [2.45, 2.75) is 52.0 Å². The summed E-state index contributed by atoms with van der Waals surface area (Å²) in [5.41, 5.74) is 0. The van der Waals surface area contributed by atoms with E-state index in [4.69, 9.17) is 4.74 Å². The molecular weight excluding hydrogens is 224 g/mol. The number of nitrogens with one attached hydrogen (secondary N) is 1. The molecule has 1 fully saturated rings. The van der Waals surface area contributed by atoms with Crippen molar-refractivity contribution in [3.8, 4) is 0 Å². The van der Waals surface area contributed by atoms with Crippen molar-refractivity contribution in [2.24, 2.45) is 5.92 Å². The van der Waals surface area contributed by atoms with Crippen molar-refractivity contribution in [1.82, 2.24) is 10.2 Å². The molecule has 3 heteroatoms. The summed E-state index contributed by atoms with van der Waals surface area (Å²) >= 11 is 0. The molecule has 18 heavy (non-hydrogen) atoms. The van der Waals surface area contributed by atoms with Crippen LogP contribution in [0.3, 0.4) is 0 Å². The molecule has 0 radical (unpaired) electrons. The van der Waals surface area contributed by atoms with E-state index in [2.05, 4.69) is 31.1 Å². The van der Waals surface area contributed by atoms with Crippen LogP contribution >= 0.6 is 0 Å². The second-order valence-electron chi connectivity index (χ2n) is 5.53. The fourth-order valence-corrected chi connectivity index (χ4v) is 2.75. The Morgan fingerprint density at radius 1 is 1.17 bits per heavy atom. The lowest BCUT2D eigenvalue weighted by Gasteiger charge is -2.35. The zero-order valence-electron chi connectivity index (χ0n) is 12.6. The van der Waals surface area contributed by atoms with Gasteiger partial charge in [-0.1, -0.05) is 26.7 Å². The van der Waals surface area contributed by atoms with E-state index in [9.17, 15) is 0 Å². The largest absolute Gasteiger partial charge is 0.381 e. The highest BCUT2D eigenvalue weighted by Crippen LogP contribution is 2.16. The lowest BCUT2D eigenvalue weighted by molar-refractivity contribution is 0.0180. The van der Waals surface area contributed by atoms with Gasteiger partial charge in [-0.2, -0.15) is 0 Å². The minimum atomic E-state index is 0.643. The van der Waals surface area contributed by atoms with E-state index < -0.39 is 0 Å².